The van der Waals surface area contributed by atoms with E-state index in [-0.39, 0.29) is 23.8 Å². The summed E-state index contributed by atoms with van der Waals surface area (Å²) in [6.07, 6.45) is 1.39. The van der Waals surface area contributed by atoms with Gasteiger partial charge in [-0.15, -0.1) is 0 Å². The van der Waals surface area contributed by atoms with E-state index >= 15 is 0 Å². The summed E-state index contributed by atoms with van der Waals surface area (Å²) in [4.78, 5) is 9.81. The summed E-state index contributed by atoms with van der Waals surface area (Å²) in [7, 11) is 1.28. The van der Waals surface area contributed by atoms with Crippen molar-refractivity contribution in [2.45, 2.75) is 0 Å². The molecule has 0 N–H and O–H groups in total. The summed E-state index contributed by atoms with van der Waals surface area (Å²) in [6, 6.07) is 10.2. The number of hydrogen-bond acceptors (Lipinski definition) is 5. The van der Waals surface area contributed by atoms with Gasteiger partial charge in [0.05, 0.1) is 36.1 Å². The molecule has 0 spiro atoms. The Kier molecular flexibility index (Phi) is 4.63. The van der Waals surface area contributed by atoms with Crippen molar-refractivity contribution >= 4 is 34.1 Å². The number of fused-ring (bicyclic) bond motifs is 1. The molecule has 0 aliphatic carbocycles. The maximum absolute atomic E-state index is 14.4. The molecule has 0 aliphatic rings. The third-order valence-corrected chi connectivity index (χ3v) is 3.90. The Morgan fingerprint density at radius 2 is 1.96 bits per heavy atom. The predicted octanol–water partition coefficient (Wildman–Crippen LogP) is 4.23. The maximum Gasteiger partial charge on any atom is 0.184 e. The molecule has 1 heterocycles. The number of ether oxygens (including phenoxy) is 1. The van der Waals surface area contributed by atoms with Gasteiger partial charge in [0.1, 0.15) is 17.3 Å². The van der Waals surface area contributed by atoms with Crippen molar-refractivity contribution in [2.75, 3.05) is 18.6 Å². The lowest BCUT2D eigenvalue weighted by Crippen LogP contribution is -2.20. The largest absolute Gasteiger partial charge is 0.495 e. The van der Waals surface area contributed by atoms with Gasteiger partial charge in [0, 0.05) is 6.07 Å². The molecule has 1 aromatic heterocycles. The fraction of sp³-hybridized carbons (Fsp3) is 0.118. The van der Waals surface area contributed by atoms with Gasteiger partial charge < -0.3 is 9.64 Å². The molecule has 0 radical (unpaired) electrons. The van der Waals surface area contributed by atoms with Crippen molar-refractivity contribution < 1.29 is 13.5 Å². The van der Waals surface area contributed by atoms with Crippen LogP contribution in [0.1, 0.15) is 0 Å². The zero-order chi connectivity index (χ0) is 18.0. The first-order valence-electron chi connectivity index (χ1n) is 7.14. The number of para-hydroxylation sites is 2. The molecule has 2 aromatic carbocycles. The number of rotatable bonds is 4. The van der Waals surface area contributed by atoms with E-state index in [2.05, 4.69) is 9.97 Å². The second-order valence-electron chi connectivity index (χ2n) is 5.00. The van der Waals surface area contributed by atoms with Crippen LogP contribution >= 0.6 is 11.6 Å². The van der Waals surface area contributed by atoms with Gasteiger partial charge in [0.25, 0.3) is 0 Å². The van der Waals surface area contributed by atoms with Crippen LogP contribution in [0.2, 0.25) is 5.02 Å². The number of methoxy groups -OCH3 is 1. The Morgan fingerprint density at radius 3 is 2.64 bits per heavy atom. The first kappa shape index (κ1) is 16.9. The normalized spacial score (nSPS) is 10.5. The number of aromatic nitrogens is 2. The van der Waals surface area contributed by atoms with Gasteiger partial charge in [-0.3, -0.25) is 4.98 Å². The van der Waals surface area contributed by atoms with Crippen LogP contribution in [0, 0.1) is 23.0 Å². The van der Waals surface area contributed by atoms with Crippen molar-refractivity contribution in [3.8, 4) is 11.8 Å². The molecule has 3 aromatic rings. The highest BCUT2D eigenvalue weighted by Crippen LogP contribution is 2.37. The standard InChI is InChI=1S/C17H11ClF2N4O/c1-25-13-8-12(16(19)17(20)15(13)18)24(7-6-21)14-9-22-10-4-2-3-5-11(10)23-14/h2-5,8-9H,7H2,1H3. The van der Waals surface area contributed by atoms with E-state index in [1.165, 1.54) is 24.3 Å². The molecule has 25 heavy (non-hydrogen) atoms. The van der Waals surface area contributed by atoms with Crippen molar-refractivity contribution in [1.82, 2.24) is 9.97 Å². The average molecular weight is 361 g/mol. The molecule has 0 amide bonds. The molecule has 0 atom stereocenters. The Labute approximate surface area is 147 Å². The summed E-state index contributed by atoms with van der Waals surface area (Å²) >= 11 is 5.72. The number of benzene rings is 2. The summed E-state index contributed by atoms with van der Waals surface area (Å²) < 4.78 is 33.5. The summed E-state index contributed by atoms with van der Waals surface area (Å²) in [5, 5.41) is 8.63. The Balaban J connectivity index is 2.19. The minimum absolute atomic E-state index is 0.0488. The smallest absolute Gasteiger partial charge is 0.184 e. The Hall–Kier alpha value is -2.98. The molecular formula is C17H11ClF2N4O. The zero-order valence-corrected chi connectivity index (χ0v) is 13.8. The molecule has 5 nitrogen and oxygen atoms in total. The van der Waals surface area contributed by atoms with Crippen LogP contribution in [0.3, 0.4) is 0 Å². The fourth-order valence-corrected chi connectivity index (χ4v) is 2.57. The lowest BCUT2D eigenvalue weighted by Gasteiger charge is -2.22. The molecule has 0 fully saturated rings. The third-order valence-electron chi connectivity index (χ3n) is 3.55. The first-order chi connectivity index (χ1) is 12.1. The molecule has 8 heteroatoms. The van der Waals surface area contributed by atoms with Crippen molar-refractivity contribution in [2.24, 2.45) is 0 Å². The van der Waals surface area contributed by atoms with Crippen molar-refractivity contribution in [1.29, 1.82) is 5.26 Å². The number of anilines is 2. The van der Waals surface area contributed by atoms with E-state index in [9.17, 15) is 8.78 Å². The SMILES string of the molecule is COc1cc(N(CC#N)c2cnc3ccccc3n2)c(F)c(F)c1Cl. The number of nitriles is 1. The van der Waals surface area contributed by atoms with Gasteiger partial charge in [-0.05, 0) is 12.1 Å². The van der Waals surface area contributed by atoms with Crippen LogP contribution in [0.25, 0.3) is 11.0 Å². The summed E-state index contributed by atoms with van der Waals surface area (Å²) in [6.45, 7) is -0.270. The summed E-state index contributed by atoms with van der Waals surface area (Å²) in [5.41, 5.74) is 0.984. The first-order valence-corrected chi connectivity index (χ1v) is 7.52. The molecule has 0 saturated carbocycles. The second-order valence-corrected chi connectivity index (χ2v) is 5.38. The van der Waals surface area contributed by atoms with Gasteiger partial charge >= 0.3 is 0 Å². The van der Waals surface area contributed by atoms with Crippen LogP contribution in [-0.4, -0.2) is 23.6 Å². The number of halogens is 3. The van der Waals surface area contributed by atoms with Crippen LogP contribution in [-0.2, 0) is 0 Å². The Morgan fingerprint density at radius 1 is 1.24 bits per heavy atom. The Bertz CT molecular complexity index is 990. The van der Waals surface area contributed by atoms with Gasteiger partial charge in [-0.2, -0.15) is 5.26 Å². The van der Waals surface area contributed by atoms with Crippen molar-refractivity contribution in [3.63, 3.8) is 0 Å². The minimum atomic E-state index is -1.26. The van der Waals surface area contributed by atoms with Gasteiger partial charge in [0.15, 0.2) is 17.5 Å². The molecule has 0 saturated heterocycles. The highest BCUT2D eigenvalue weighted by Gasteiger charge is 2.23. The van der Waals surface area contributed by atoms with Crippen LogP contribution in [0.4, 0.5) is 20.3 Å². The molecule has 126 valence electrons. The van der Waals surface area contributed by atoms with Gasteiger partial charge in [-0.1, -0.05) is 23.7 Å². The second kappa shape index (κ2) is 6.87. The highest BCUT2D eigenvalue weighted by molar-refractivity contribution is 6.32. The quantitative estimate of drug-likeness (QED) is 0.514. The van der Waals surface area contributed by atoms with Gasteiger partial charge in [0.2, 0.25) is 0 Å². The number of hydrogen-bond donors (Lipinski definition) is 0. The van der Waals surface area contributed by atoms with E-state index in [1.807, 2.05) is 12.1 Å². The minimum Gasteiger partial charge on any atom is -0.495 e. The molecular weight excluding hydrogens is 350 g/mol. The third kappa shape index (κ3) is 3.04. The molecule has 3 rings (SSSR count). The van der Waals surface area contributed by atoms with E-state index in [1.54, 1.807) is 18.2 Å². The fourth-order valence-electron chi connectivity index (χ4n) is 2.35. The molecule has 0 aliphatic heterocycles. The number of nitrogens with zero attached hydrogens (tertiary/aromatic N) is 4. The van der Waals surface area contributed by atoms with Crippen LogP contribution in [0.5, 0.6) is 5.75 Å². The highest BCUT2D eigenvalue weighted by atomic mass is 35.5. The van der Waals surface area contributed by atoms with E-state index in [0.717, 1.165) is 0 Å². The zero-order valence-electron chi connectivity index (χ0n) is 13.0. The van der Waals surface area contributed by atoms with E-state index in [4.69, 9.17) is 21.6 Å². The predicted molar refractivity (Wildman–Crippen MR) is 90.1 cm³/mol. The topological polar surface area (TPSA) is 62.0 Å². The summed E-state index contributed by atoms with van der Waals surface area (Å²) in [5.74, 6) is -2.31. The monoisotopic (exact) mass is 360 g/mol. The van der Waals surface area contributed by atoms with E-state index < -0.39 is 16.7 Å². The van der Waals surface area contributed by atoms with Crippen LogP contribution < -0.4 is 9.64 Å². The molecule has 0 bridgehead atoms. The molecule has 0 unspecified atom stereocenters. The lowest BCUT2D eigenvalue weighted by molar-refractivity contribution is 0.407. The van der Waals surface area contributed by atoms with E-state index in [0.29, 0.717) is 11.0 Å². The maximum atomic E-state index is 14.4. The van der Waals surface area contributed by atoms with Crippen LogP contribution in [0.15, 0.2) is 36.5 Å². The average Bonchev–Trinajstić information content (AvgIpc) is 2.64. The van der Waals surface area contributed by atoms with Crippen molar-refractivity contribution in [3.05, 3.63) is 53.2 Å². The van der Waals surface area contributed by atoms with Gasteiger partial charge in [-0.25, -0.2) is 13.8 Å². The lowest BCUT2D eigenvalue weighted by atomic mass is 10.2.